The monoisotopic (exact) mass is 343 g/mol. The second-order valence-corrected chi connectivity index (χ2v) is 12.1. The van der Waals surface area contributed by atoms with Crippen molar-refractivity contribution in [3.8, 4) is 0 Å². The molecule has 0 aliphatic rings. The molecule has 2 heterocycles. The fraction of sp³-hybridized carbons (Fsp3) is 0.467. The van der Waals surface area contributed by atoms with Crippen LogP contribution in [0.25, 0.3) is 17.1 Å². The van der Waals surface area contributed by atoms with Crippen molar-refractivity contribution in [1.82, 2.24) is 14.8 Å². The molecule has 0 saturated carbocycles. The summed E-state index contributed by atoms with van der Waals surface area (Å²) in [6.07, 6.45) is -1.80. The second kappa shape index (κ2) is 6.44. The van der Waals surface area contributed by atoms with Crippen molar-refractivity contribution < 1.29 is 17.9 Å². The summed E-state index contributed by atoms with van der Waals surface area (Å²) in [4.78, 5) is 3.64. The predicted octanol–water partition coefficient (Wildman–Crippen LogP) is 4.41. The van der Waals surface area contributed by atoms with E-state index >= 15 is 0 Å². The lowest BCUT2D eigenvalue weighted by molar-refractivity contribution is -0.140. The van der Waals surface area contributed by atoms with Crippen LogP contribution in [0.4, 0.5) is 13.2 Å². The zero-order valence-electron chi connectivity index (χ0n) is 13.4. The molecule has 0 spiro atoms. The highest BCUT2D eigenvalue weighted by Gasteiger charge is 2.33. The maximum atomic E-state index is 12.9. The number of alkyl halides is 3. The van der Waals surface area contributed by atoms with Crippen molar-refractivity contribution in [2.75, 3.05) is 6.61 Å². The molecule has 0 saturated heterocycles. The van der Waals surface area contributed by atoms with Crippen LogP contribution in [0, 0.1) is 0 Å². The van der Waals surface area contributed by atoms with Crippen LogP contribution in [0.3, 0.4) is 0 Å². The van der Waals surface area contributed by atoms with E-state index in [9.17, 15) is 13.2 Å². The lowest BCUT2D eigenvalue weighted by Gasteiger charge is -2.15. The molecule has 2 aromatic rings. The Bertz CT molecular complexity index is 704. The van der Waals surface area contributed by atoms with Gasteiger partial charge in [0.2, 0.25) is 0 Å². The van der Waals surface area contributed by atoms with Gasteiger partial charge >= 0.3 is 6.18 Å². The molecule has 4 nitrogen and oxygen atoms in total. The van der Waals surface area contributed by atoms with Crippen molar-refractivity contribution in [3.05, 3.63) is 30.1 Å². The third-order valence-corrected chi connectivity index (χ3v) is 5.05. The Morgan fingerprint density at radius 1 is 1.35 bits per heavy atom. The molecule has 2 aromatic heterocycles. The van der Waals surface area contributed by atoms with Crippen molar-refractivity contribution in [2.45, 2.75) is 38.6 Å². The van der Waals surface area contributed by atoms with E-state index in [2.05, 4.69) is 36.3 Å². The molecule has 0 aliphatic heterocycles. The Labute approximate surface area is 134 Å². The first-order valence-corrected chi connectivity index (χ1v) is 11.0. The molecule has 0 unspecified atom stereocenters. The lowest BCUT2D eigenvalue weighted by Crippen LogP contribution is -2.22. The number of rotatable bonds is 6. The summed E-state index contributed by atoms with van der Waals surface area (Å²) in [7, 11) is -1.19. The molecule has 0 aliphatic carbocycles. The first-order chi connectivity index (χ1) is 10.6. The standard InChI is InChI=1S/C15H20F3N3OSi/c1-5-11-8-13(15(16,17)18)20-12-9-19-21(14(11)12)10-22-6-7-23(2,3)4/h5,8-9H,1,6-7,10H2,2-4H3. The van der Waals surface area contributed by atoms with Crippen molar-refractivity contribution in [1.29, 1.82) is 0 Å². The Morgan fingerprint density at radius 3 is 2.61 bits per heavy atom. The number of aromatic nitrogens is 3. The first kappa shape index (κ1) is 17.7. The summed E-state index contributed by atoms with van der Waals surface area (Å²) >= 11 is 0. The highest BCUT2D eigenvalue weighted by molar-refractivity contribution is 6.76. The highest BCUT2D eigenvalue weighted by Crippen LogP contribution is 2.31. The summed E-state index contributed by atoms with van der Waals surface area (Å²) in [5.74, 6) is 0. The van der Waals surface area contributed by atoms with Crippen LogP contribution < -0.4 is 0 Å². The van der Waals surface area contributed by atoms with E-state index in [1.165, 1.54) is 17.0 Å². The minimum atomic E-state index is -4.50. The third kappa shape index (κ3) is 4.41. The molecule has 0 fully saturated rings. The highest BCUT2D eigenvalue weighted by atomic mass is 28.3. The van der Waals surface area contributed by atoms with E-state index < -0.39 is 19.9 Å². The van der Waals surface area contributed by atoms with Gasteiger partial charge < -0.3 is 4.74 Å². The summed E-state index contributed by atoms with van der Waals surface area (Å²) in [5.41, 5.74) is 0.0808. The minimum Gasteiger partial charge on any atom is -0.360 e. The van der Waals surface area contributed by atoms with Gasteiger partial charge in [-0.15, -0.1) is 0 Å². The van der Waals surface area contributed by atoms with Gasteiger partial charge in [-0.05, 0) is 12.1 Å². The fourth-order valence-corrected chi connectivity index (χ4v) is 2.82. The maximum absolute atomic E-state index is 12.9. The van der Waals surface area contributed by atoms with Gasteiger partial charge in [0.15, 0.2) is 0 Å². The molecule has 0 amide bonds. The van der Waals surface area contributed by atoms with Gasteiger partial charge in [-0.2, -0.15) is 18.3 Å². The zero-order valence-corrected chi connectivity index (χ0v) is 14.4. The van der Waals surface area contributed by atoms with E-state index in [1.807, 2.05) is 0 Å². The predicted molar refractivity (Wildman–Crippen MR) is 86.7 cm³/mol. The Balaban J connectivity index is 2.24. The summed E-state index contributed by atoms with van der Waals surface area (Å²) in [6, 6.07) is 1.99. The van der Waals surface area contributed by atoms with Crippen LogP contribution in [0.2, 0.25) is 25.7 Å². The molecule has 0 bridgehead atoms. The van der Waals surface area contributed by atoms with Gasteiger partial charge in [0.1, 0.15) is 17.9 Å². The number of pyridine rings is 1. The van der Waals surface area contributed by atoms with Gasteiger partial charge in [-0.3, -0.25) is 0 Å². The Hall–Kier alpha value is -1.67. The number of nitrogens with zero attached hydrogens (tertiary/aromatic N) is 3. The van der Waals surface area contributed by atoms with Gasteiger partial charge in [0, 0.05) is 20.2 Å². The SMILES string of the molecule is C=Cc1cc(C(F)(F)F)nc2cnn(COCC[Si](C)(C)C)c12. The number of hydrogen-bond acceptors (Lipinski definition) is 3. The topological polar surface area (TPSA) is 39.9 Å². The van der Waals surface area contributed by atoms with Crippen LogP contribution in [0.5, 0.6) is 0 Å². The van der Waals surface area contributed by atoms with Crippen LogP contribution in [0.1, 0.15) is 11.3 Å². The van der Waals surface area contributed by atoms with Crippen LogP contribution in [-0.2, 0) is 17.6 Å². The smallest absolute Gasteiger partial charge is 0.360 e. The molecular formula is C15H20F3N3OSi. The van der Waals surface area contributed by atoms with Crippen LogP contribution >= 0.6 is 0 Å². The first-order valence-electron chi connectivity index (χ1n) is 7.26. The van der Waals surface area contributed by atoms with E-state index in [0.717, 1.165) is 12.1 Å². The zero-order chi connectivity index (χ0) is 17.3. The van der Waals surface area contributed by atoms with Gasteiger partial charge in [0.05, 0.1) is 11.7 Å². The van der Waals surface area contributed by atoms with Crippen LogP contribution in [0.15, 0.2) is 18.8 Å². The van der Waals surface area contributed by atoms with Crippen molar-refractivity contribution in [2.24, 2.45) is 0 Å². The molecular weight excluding hydrogens is 323 g/mol. The number of halogens is 3. The number of hydrogen-bond donors (Lipinski definition) is 0. The largest absolute Gasteiger partial charge is 0.433 e. The second-order valence-electron chi connectivity index (χ2n) is 6.52. The Kier molecular flexibility index (Phi) is 4.95. The summed E-state index contributed by atoms with van der Waals surface area (Å²) < 4.78 is 45.7. The van der Waals surface area contributed by atoms with E-state index in [4.69, 9.17) is 4.74 Å². The van der Waals surface area contributed by atoms with E-state index in [0.29, 0.717) is 17.7 Å². The molecule has 0 N–H and O–H groups in total. The normalized spacial score (nSPS) is 12.8. The molecule has 8 heteroatoms. The van der Waals surface area contributed by atoms with Crippen LogP contribution in [-0.4, -0.2) is 29.4 Å². The molecule has 0 atom stereocenters. The van der Waals surface area contributed by atoms with E-state index in [1.54, 1.807) is 0 Å². The average molecular weight is 343 g/mol. The van der Waals surface area contributed by atoms with Gasteiger partial charge in [-0.25, -0.2) is 9.67 Å². The number of ether oxygens (including phenoxy) is 1. The minimum absolute atomic E-state index is 0.182. The fourth-order valence-electron chi connectivity index (χ4n) is 2.06. The van der Waals surface area contributed by atoms with Gasteiger partial charge in [-0.1, -0.05) is 32.3 Å². The third-order valence-electron chi connectivity index (χ3n) is 3.35. The van der Waals surface area contributed by atoms with Gasteiger partial charge in [0.25, 0.3) is 0 Å². The molecule has 2 rings (SSSR count). The average Bonchev–Trinajstić information content (AvgIpc) is 2.84. The quantitative estimate of drug-likeness (QED) is 0.576. The maximum Gasteiger partial charge on any atom is 0.433 e. The van der Waals surface area contributed by atoms with Crippen molar-refractivity contribution >= 4 is 25.2 Å². The Morgan fingerprint density at radius 2 is 2.04 bits per heavy atom. The van der Waals surface area contributed by atoms with Crippen molar-refractivity contribution in [3.63, 3.8) is 0 Å². The molecule has 0 radical (unpaired) electrons. The molecule has 0 aromatic carbocycles. The lowest BCUT2D eigenvalue weighted by atomic mass is 10.2. The molecule has 23 heavy (non-hydrogen) atoms. The molecule has 126 valence electrons. The summed E-state index contributed by atoms with van der Waals surface area (Å²) in [5, 5.41) is 4.09. The number of fused-ring (bicyclic) bond motifs is 1. The van der Waals surface area contributed by atoms with E-state index in [-0.39, 0.29) is 12.2 Å². The summed E-state index contributed by atoms with van der Waals surface area (Å²) in [6.45, 7) is 11.1.